The third kappa shape index (κ3) is 1.04. The molecule has 4 atom stereocenters. The fourth-order valence-corrected chi connectivity index (χ4v) is 1.32. The molecule has 1 amide bonds. The molecular formula is C6H9NO5. The van der Waals surface area contributed by atoms with Crippen LogP contribution in [0.25, 0.3) is 0 Å². The standard InChI is InChI=1S/C6H9NO5/c8-2-1-11-5-4(3(2)9)12-6(10)7-5/h2-5,8-9H,1H2,(H,7,10)/t2-,3+,4-,5+/m1/s1. The van der Waals surface area contributed by atoms with E-state index >= 15 is 0 Å². The van der Waals surface area contributed by atoms with Crippen LogP contribution < -0.4 is 5.32 Å². The van der Waals surface area contributed by atoms with Gasteiger partial charge in [0, 0.05) is 0 Å². The summed E-state index contributed by atoms with van der Waals surface area (Å²) in [5.74, 6) is 0. The molecule has 2 heterocycles. The summed E-state index contributed by atoms with van der Waals surface area (Å²) in [5, 5.41) is 20.8. The highest BCUT2D eigenvalue weighted by Gasteiger charge is 2.46. The van der Waals surface area contributed by atoms with Gasteiger partial charge in [-0.25, -0.2) is 4.79 Å². The molecule has 0 bridgehead atoms. The predicted molar refractivity (Wildman–Crippen MR) is 35.2 cm³/mol. The maximum absolute atomic E-state index is 10.7. The Balaban J connectivity index is 2.11. The van der Waals surface area contributed by atoms with E-state index < -0.39 is 30.6 Å². The molecule has 0 spiro atoms. The zero-order valence-electron chi connectivity index (χ0n) is 6.14. The van der Waals surface area contributed by atoms with E-state index in [1.54, 1.807) is 0 Å². The molecule has 0 saturated carbocycles. The van der Waals surface area contributed by atoms with Crippen LogP contribution in [0.5, 0.6) is 0 Å². The minimum absolute atomic E-state index is 0.00593. The van der Waals surface area contributed by atoms with Crippen molar-refractivity contribution in [1.29, 1.82) is 0 Å². The summed E-state index contributed by atoms with van der Waals surface area (Å²) < 4.78 is 9.65. The molecule has 2 aliphatic rings. The molecular weight excluding hydrogens is 166 g/mol. The number of hydrogen-bond acceptors (Lipinski definition) is 5. The number of carbonyl (C=O) groups is 1. The highest BCUT2D eigenvalue weighted by atomic mass is 16.6. The Morgan fingerprint density at radius 1 is 1.50 bits per heavy atom. The molecule has 0 aliphatic carbocycles. The Morgan fingerprint density at radius 2 is 2.25 bits per heavy atom. The van der Waals surface area contributed by atoms with Gasteiger partial charge in [-0.05, 0) is 0 Å². The van der Waals surface area contributed by atoms with Crippen molar-refractivity contribution in [1.82, 2.24) is 5.32 Å². The first-order chi connectivity index (χ1) is 5.68. The van der Waals surface area contributed by atoms with Gasteiger partial charge in [0.05, 0.1) is 6.61 Å². The van der Waals surface area contributed by atoms with Gasteiger partial charge in [0.2, 0.25) is 0 Å². The SMILES string of the molecule is O=C1N[C@H]2OC[C@@H](O)[C@H](O)[C@H]2O1. The van der Waals surface area contributed by atoms with Crippen molar-refractivity contribution < 1.29 is 24.5 Å². The molecule has 0 unspecified atom stereocenters. The Hall–Kier alpha value is -0.850. The average molecular weight is 175 g/mol. The Labute approximate surface area is 68.1 Å². The van der Waals surface area contributed by atoms with Gasteiger partial charge in [-0.15, -0.1) is 0 Å². The lowest BCUT2D eigenvalue weighted by molar-refractivity contribution is -0.169. The van der Waals surface area contributed by atoms with E-state index in [0.717, 1.165) is 0 Å². The van der Waals surface area contributed by atoms with Crippen molar-refractivity contribution in [3.8, 4) is 0 Å². The van der Waals surface area contributed by atoms with Crippen molar-refractivity contribution in [3.63, 3.8) is 0 Å². The molecule has 2 rings (SSSR count). The van der Waals surface area contributed by atoms with Crippen LogP contribution in [0.15, 0.2) is 0 Å². The van der Waals surface area contributed by atoms with Crippen molar-refractivity contribution in [2.75, 3.05) is 6.61 Å². The Bertz CT molecular complexity index is 208. The second-order valence-electron chi connectivity index (χ2n) is 2.83. The maximum atomic E-state index is 10.7. The normalized spacial score (nSPS) is 46.3. The van der Waals surface area contributed by atoms with Gasteiger partial charge in [0.25, 0.3) is 0 Å². The van der Waals surface area contributed by atoms with Crippen LogP contribution in [0.4, 0.5) is 4.79 Å². The maximum Gasteiger partial charge on any atom is 0.409 e. The molecule has 2 aliphatic heterocycles. The predicted octanol–water partition coefficient (Wildman–Crippen LogP) is -1.83. The van der Waals surface area contributed by atoms with E-state index in [1.165, 1.54) is 0 Å². The van der Waals surface area contributed by atoms with Crippen LogP contribution in [-0.4, -0.2) is 47.5 Å². The Kier molecular flexibility index (Phi) is 1.67. The van der Waals surface area contributed by atoms with Crippen molar-refractivity contribution >= 4 is 6.09 Å². The van der Waals surface area contributed by atoms with E-state index in [4.69, 9.17) is 9.84 Å². The number of ether oxygens (including phenoxy) is 2. The smallest absolute Gasteiger partial charge is 0.409 e. The second-order valence-corrected chi connectivity index (χ2v) is 2.83. The molecule has 6 nitrogen and oxygen atoms in total. The number of nitrogens with one attached hydrogen (secondary N) is 1. The van der Waals surface area contributed by atoms with E-state index in [1.807, 2.05) is 0 Å². The third-order valence-electron chi connectivity index (χ3n) is 1.98. The zero-order chi connectivity index (χ0) is 8.72. The number of alkyl carbamates (subject to hydrolysis) is 1. The lowest BCUT2D eigenvalue weighted by Gasteiger charge is -2.31. The summed E-state index contributed by atoms with van der Waals surface area (Å²) in [6.45, 7) is 0.00593. The first-order valence-electron chi connectivity index (χ1n) is 3.63. The van der Waals surface area contributed by atoms with Crippen LogP contribution in [0, 0.1) is 0 Å². The number of fused-ring (bicyclic) bond motifs is 1. The summed E-state index contributed by atoms with van der Waals surface area (Å²) in [6.07, 6.45) is -4.10. The molecule has 68 valence electrons. The summed E-state index contributed by atoms with van der Waals surface area (Å²) in [5.41, 5.74) is 0. The molecule has 2 saturated heterocycles. The molecule has 0 aromatic carbocycles. The van der Waals surface area contributed by atoms with Crippen LogP contribution >= 0.6 is 0 Å². The van der Waals surface area contributed by atoms with Crippen LogP contribution in [-0.2, 0) is 9.47 Å². The van der Waals surface area contributed by atoms with Crippen LogP contribution in [0.1, 0.15) is 0 Å². The minimum atomic E-state index is -1.07. The molecule has 0 aromatic rings. The van der Waals surface area contributed by atoms with E-state index in [9.17, 15) is 9.90 Å². The highest BCUT2D eigenvalue weighted by Crippen LogP contribution is 2.21. The summed E-state index contributed by atoms with van der Waals surface area (Å²) in [7, 11) is 0. The minimum Gasteiger partial charge on any atom is -0.438 e. The molecule has 12 heavy (non-hydrogen) atoms. The third-order valence-corrected chi connectivity index (χ3v) is 1.98. The summed E-state index contributed by atoms with van der Waals surface area (Å²) in [4.78, 5) is 10.7. The number of carbonyl (C=O) groups excluding carboxylic acids is 1. The molecule has 3 N–H and O–H groups in total. The Morgan fingerprint density at radius 3 is 3.00 bits per heavy atom. The zero-order valence-corrected chi connectivity index (χ0v) is 6.14. The molecule has 0 aromatic heterocycles. The molecule has 6 heteroatoms. The quantitative estimate of drug-likeness (QED) is 0.403. The number of aliphatic hydroxyl groups excluding tert-OH is 2. The van der Waals surface area contributed by atoms with Crippen molar-refractivity contribution in [2.24, 2.45) is 0 Å². The summed E-state index contributed by atoms with van der Waals surface area (Å²) >= 11 is 0. The largest absolute Gasteiger partial charge is 0.438 e. The van der Waals surface area contributed by atoms with Crippen molar-refractivity contribution in [2.45, 2.75) is 24.5 Å². The number of amides is 1. The highest BCUT2D eigenvalue weighted by molar-refractivity contribution is 5.70. The number of hydrogen-bond donors (Lipinski definition) is 3. The van der Waals surface area contributed by atoms with Gasteiger partial charge < -0.3 is 19.7 Å². The lowest BCUT2D eigenvalue weighted by Crippen LogP contribution is -2.53. The van der Waals surface area contributed by atoms with Gasteiger partial charge in [0.15, 0.2) is 12.3 Å². The first kappa shape index (κ1) is 7.78. The molecule has 0 radical (unpaired) electrons. The van der Waals surface area contributed by atoms with E-state index in [2.05, 4.69) is 10.1 Å². The monoisotopic (exact) mass is 175 g/mol. The summed E-state index contributed by atoms with van der Waals surface area (Å²) in [6, 6.07) is 0. The van der Waals surface area contributed by atoms with E-state index in [0.29, 0.717) is 0 Å². The van der Waals surface area contributed by atoms with Gasteiger partial charge in [0.1, 0.15) is 12.2 Å². The first-order valence-corrected chi connectivity index (χ1v) is 3.63. The number of aliphatic hydroxyl groups is 2. The van der Waals surface area contributed by atoms with Gasteiger partial charge >= 0.3 is 6.09 Å². The fraction of sp³-hybridized carbons (Fsp3) is 0.833. The van der Waals surface area contributed by atoms with E-state index in [-0.39, 0.29) is 6.61 Å². The van der Waals surface area contributed by atoms with Gasteiger partial charge in [-0.1, -0.05) is 0 Å². The fourth-order valence-electron chi connectivity index (χ4n) is 1.32. The van der Waals surface area contributed by atoms with Crippen molar-refractivity contribution in [3.05, 3.63) is 0 Å². The topological polar surface area (TPSA) is 88.0 Å². The van der Waals surface area contributed by atoms with Gasteiger partial charge in [-0.3, -0.25) is 5.32 Å². The molecule has 2 fully saturated rings. The lowest BCUT2D eigenvalue weighted by atomic mass is 10.1. The van der Waals surface area contributed by atoms with Gasteiger partial charge in [-0.2, -0.15) is 0 Å². The second kappa shape index (κ2) is 2.58. The average Bonchev–Trinajstić information content (AvgIpc) is 2.39. The number of rotatable bonds is 0. The van der Waals surface area contributed by atoms with Crippen LogP contribution in [0.2, 0.25) is 0 Å². The van der Waals surface area contributed by atoms with Crippen LogP contribution in [0.3, 0.4) is 0 Å².